The highest BCUT2D eigenvalue weighted by Crippen LogP contribution is 2.27. The van der Waals surface area contributed by atoms with Crippen molar-refractivity contribution in [1.82, 2.24) is 10.2 Å². The fraction of sp³-hybridized carbons (Fsp3) is 0.562. The molecule has 4 nitrogen and oxygen atoms in total. The highest BCUT2D eigenvalue weighted by Gasteiger charge is 2.08. The van der Waals surface area contributed by atoms with Gasteiger partial charge < -0.3 is 15.0 Å². The molecule has 21 heavy (non-hydrogen) atoms. The molecule has 5 heteroatoms. The summed E-state index contributed by atoms with van der Waals surface area (Å²) in [6.45, 7) is 11.8. The predicted molar refractivity (Wildman–Crippen MR) is 89.9 cm³/mol. The number of carbonyl (C=O) groups is 1. The van der Waals surface area contributed by atoms with Crippen LogP contribution in [0, 0.1) is 13.8 Å². The van der Waals surface area contributed by atoms with E-state index in [4.69, 9.17) is 4.74 Å². The number of amides is 1. The lowest BCUT2D eigenvalue weighted by Gasteiger charge is -2.18. The van der Waals surface area contributed by atoms with Gasteiger partial charge in [0.15, 0.2) is 6.61 Å². The first-order valence-electron chi connectivity index (χ1n) is 7.36. The van der Waals surface area contributed by atoms with E-state index in [0.29, 0.717) is 6.54 Å². The zero-order chi connectivity index (χ0) is 15.8. The molecular formula is C16H25BrN2O2. The van der Waals surface area contributed by atoms with Crippen molar-refractivity contribution < 1.29 is 9.53 Å². The maximum absolute atomic E-state index is 11.8. The topological polar surface area (TPSA) is 41.6 Å². The number of nitrogens with one attached hydrogen (secondary N) is 1. The van der Waals surface area contributed by atoms with E-state index in [0.717, 1.165) is 41.0 Å². The van der Waals surface area contributed by atoms with Crippen LogP contribution >= 0.6 is 15.9 Å². The van der Waals surface area contributed by atoms with Crippen molar-refractivity contribution in [3.63, 3.8) is 0 Å². The summed E-state index contributed by atoms with van der Waals surface area (Å²) in [6.07, 6.45) is 0. The number of hydrogen-bond acceptors (Lipinski definition) is 3. The average molecular weight is 357 g/mol. The maximum Gasteiger partial charge on any atom is 0.257 e. The van der Waals surface area contributed by atoms with Gasteiger partial charge in [-0.05, 0) is 50.2 Å². The lowest BCUT2D eigenvalue weighted by atomic mass is 10.1. The van der Waals surface area contributed by atoms with E-state index >= 15 is 0 Å². The van der Waals surface area contributed by atoms with Gasteiger partial charge in [-0.15, -0.1) is 0 Å². The molecule has 0 unspecified atom stereocenters. The van der Waals surface area contributed by atoms with Crippen molar-refractivity contribution >= 4 is 21.8 Å². The second-order valence-corrected chi connectivity index (χ2v) is 5.95. The second kappa shape index (κ2) is 9.05. The Morgan fingerprint density at radius 3 is 2.33 bits per heavy atom. The van der Waals surface area contributed by atoms with Crippen molar-refractivity contribution in [2.45, 2.75) is 27.7 Å². The molecule has 0 atom stereocenters. The minimum absolute atomic E-state index is 0.0571. The number of hydrogen-bond donors (Lipinski definition) is 1. The molecule has 0 saturated carbocycles. The van der Waals surface area contributed by atoms with Gasteiger partial charge in [0, 0.05) is 17.6 Å². The van der Waals surface area contributed by atoms with Gasteiger partial charge in [0.1, 0.15) is 5.75 Å². The molecule has 0 aliphatic rings. The quantitative estimate of drug-likeness (QED) is 0.778. The Morgan fingerprint density at radius 1 is 1.24 bits per heavy atom. The number of likely N-dealkylation sites (N-methyl/N-ethyl adjacent to an activating group) is 1. The monoisotopic (exact) mass is 356 g/mol. The molecule has 0 saturated heterocycles. The number of ether oxygens (including phenoxy) is 1. The van der Waals surface area contributed by atoms with Crippen LogP contribution in [0.25, 0.3) is 0 Å². The number of halogens is 1. The lowest BCUT2D eigenvalue weighted by Crippen LogP contribution is -2.36. The summed E-state index contributed by atoms with van der Waals surface area (Å²) in [5.41, 5.74) is 2.05. The van der Waals surface area contributed by atoms with Gasteiger partial charge in [-0.2, -0.15) is 0 Å². The number of benzene rings is 1. The standard InChI is InChI=1S/C16H25BrN2O2/c1-5-19(6-2)8-7-18-15(20)11-21-16-12(3)9-14(17)10-13(16)4/h9-10H,5-8,11H2,1-4H3,(H,18,20). The third-order valence-corrected chi connectivity index (χ3v) is 3.88. The molecule has 0 radical (unpaired) electrons. The van der Waals surface area contributed by atoms with Crippen molar-refractivity contribution in [3.05, 3.63) is 27.7 Å². The molecule has 1 N–H and O–H groups in total. The molecule has 0 aliphatic heterocycles. The first kappa shape index (κ1) is 18.0. The molecule has 1 aromatic carbocycles. The smallest absolute Gasteiger partial charge is 0.257 e. The van der Waals surface area contributed by atoms with Crippen LogP contribution in [0.4, 0.5) is 0 Å². The SMILES string of the molecule is CCN(CC)CCNC(=O)COc1c(C)cc(Br)cc1C. The molecule has 0 fully saturated rings. The van der Waals surface area contributed by atoms with E-state index < -0.39 is 0 Å². The Bertz CT molecular complexity index is 450. The zero-order valence-electron chi connectivity index (χ0n) is 13.3. The summed E-state index contributed by atoms with van der Waals surface area (Å²) in [7, 11) is 0. The van der Waals surface area contributed by atoms with Gasteiger partial charge >= 0.3 is 0 Å². The van der Waals surface area contributed by atoms with E-state index in [9.17, 15) is 4.79 Å². The fourth-order valence-corrected chi connectivity index (χ4v) is 2.89. The number of rotatable bonds is 8. The van der Waals surface area contributed by atoms with E-state index in [1.165, 1.54) is 0 Å². The van der Waals surface area contributed by atoms with Crippen LogP contribution in [-0.4, -0.2) is 43.6 Å². The molecule has 0 bridgehead atoms. The van der Waals surface area contributed by atoms with Gasteiger partial charge in [-0.1, -0.05) is 29.8 Å². The highest BCUT2D eigenvalue weighted by atomic mass is 79.9. The number of aryl methyl sites for hydroxylation is 2. The Hall–Kier alpha value is -1.07. The number of carbonyl (C=O) groups excluding carboxylic acids is 1. The van der Waals surface area contributed by atoms with E-state index in [-0.39, 0.29) is 12.5 Å². The van der Waals surface area contributed by atoms with Crippen molar-refractivity contribution in [2.24, 2.45) is 0 Å². The zero-order valence-corrected chi connectivity index (χ0v) is 14.9. The molecule has 0 aromatic heterocycles. The molecule has 0 heterocycles. The van der Waals surface area contributed by atoms with Crippen LogP contribution < -0.4 is 10.1 Å². The molecular weight excluding hydrogens is 332 g/mol. The third-order valence-electron chi connectivity index (χ3n) is 3.42. The Balaban J connectivity index is 2.40. The first-order chi connectivity index (χ1) is 9.97. The second-order valence-electron chi connectivity index (χ2n) is 5.03. The lowest BCUT2D eigenvalue weighted by molar-refractivity contribution is -0.123. The molecule has 1 aromatic rings. The predicted octanol–water partition coefficient (Wildman–Crippen LogP) is 2.90. The largest absolute Gasteiger partial charge is 0.483 e. The summed E-state index contributed by atoms with van der Waals surface area (Å²) in [5.74, 6) is 0.709. The molecule has 118 valence electrons. The fourth-order valence-electron chi connectivity index (χ4n) is 2.21. The highest BCUT2D eigenvalue weighted by molar-refractivity contribution is 9.10. The van der Waals surface area contributed by atoms with E-state index in [1.807, 2.05) is 26.0 Å². The van der Waals surface area contributed by atoms with Crippen LogP contribution in [-0.2, 0) is 4.79 Å². The summed E-state index contributed by atoms with van der Waals surface area (Å²) in [6, 6.07) is 3.97. The normalized spacial score (nSPS) is 10.8. The van der Waals surface area contributed by atoms with Crippen LogP contribution in [0.3, 0.4) is 0 Å². The summed E-state index contributed by atoms with van der Waals surface area (Å²) in [4.78, 5) is 14.1. The van der Waals surface area contributed by atoms with Gasteiger partial charge in [-0.3, -0.25) is 4.79 Å². The van der Waals surface area contributed by atoms with Gasteiger partial charge in [0.2, 0.25) is 0 Å². The Labute approximate surface area is 136 Å². The van der Waals surface area contributed by atoms with E-state index in [2.05, 4.69) is 40.0 Å². The molecule has 0 aliphatic carbocycles. The maximum atomic E-state index is 11.8. The van der Waals surface area contributed by atoms with Crippen LogP contribution in [0.1, 0.15) is 25.0 Å². The first-order valence-corrected chi connectivity index (χ1v) is 8.15. The van der Waals surface area contributed by atoms with Crippen molar-refractivity contribution in [1.29, 1.82) is 0 Å². The molecule has 1 amide bonds. The summed E-state index contributed by atoms with van der Waals surface area (Å²) >= 11 is 3.45. The number of nitrogens with zero attached hydrogens (tertiary/aromatic N) is 1. The van der Waals surface area contributed by atoms with Crippen LogP contribution in [0.2, 0.25) is 0 Å². The molecule has 1 rings (SSSR count). The summed E-state index contributed by atoms with van der Waals surface area (Å²) in [5, 5.41) is 2.89. The van der Waals surface area contributed by atoms with Gasteiger partial charge in [0.25, 0.3) is 5.91 Å². The van der Waals surface area contributed by atoms with Crippen molar-refractivity contribution in [2.75, 3.05) is 32.8 Å². The Kier molecular flexibility index (Phi) is 7.75. The van der Waals surface area contributed by atoms with Crippen LogP contribution in [0.5, 0.6) is 5.75 Å². The summed E-state index contributed by atoms with van der Waals surface area (Å²) < 4.78 is 6.67. The van der Waals surface area contributed by atoms with Crippen LogP contribution in [0.15, 0.2) is 16.6 Å². The molecule has 0 spiro atoms. The minimum atomic E-state index is -0.0797. The Morgan fingerprint density at radius 2 is 1.81 bits per heavy atom. The van der Waals surface area contributed by atoms with Crippen molar-refractivity contribution in [3.8, 4) is 5.75 Å². The third kappa shape index (κ3) is 6.06. The van der Waals surface area contributed by atoms with Gasteiger partial charge in [-0.25, -0.2) is 0 Å². The average Bonchev–Trinajstić information content (AvgIpc) is 2.42. The minimum Gasteiger partial charge on any atom is -0.483 e. The van der Waals surface area contributed by atoms with Gasteiger partial charge in [0.05, 0.1) is 0 Å². The van der Waals surface area contributed by atoms with E-state index in [1.54, 1.807) is 0 Å².